The van der Waals surface area contributed by atoms with Crippen LogP contribution < -0.4 is 10.1 Å². The number of hydrogen-bond donors (Lipinski definition) is 2. The summed E-state index contributed by atoms with van der Waals surface area (Å²) in [5.74, 6) is -0.256. The molecule has 0 spiro atoms. The fourth-order valence-corrected chi connectivity index (χ4v) is 3.47. The number of para-hydroxylation sites is 1. The van der Waals surface area contributed by atoms with E-state index in [0.29, 0.717) is 16.9 Å². The predicted molar refractivity (Wildman–Crippen MR) is 95.4 cm³/mol. The number of nitrogens with one attached hydrogen (secondary N) is 2. The van der Waals surface area contributed by atoms with E-state index < -0.39 is 0 Å². The molecule has 0 aliphatic carbocycles. The zero-order chi connectivity index (χ0) is 16.5. The van der Waals surface area contributed by atoms with Crippen LogP contribution in [0, 0.1) is 0 Å². The predicted octanol–water partition coefficient (Wildman–Crippen LogP) is 3.07. The molecule has 0 unspecified atom stereocenters. The minimum Gasteiger partial charge on any atom is -0.351 e. The van der Waals surface area contributed by atoms with Gasteiger partial charge in [-0.05, 0) is 23.8 Å². The summed E-state index contributed by atoms with van der Waals surface area (Å²) < 4.78 is -0.143. The molecule has 4 aromatic rings. The fraction of sp³-hybridized carbons (Fsp3) is 0.0556. The Morgan fingerprint density at radius 3 is 2.88 bits per heavy atom. The summed E-state index contributed by atoms with van der Waals surface area (Å²) >= 11 is 0.951. The third kappa shape index (κ3) is 2.57. The van der Waals surface area contributed by atoms with Crippen molar-refractivity contribution in [2.75, 3.05) is 0 Å². The van der Waals surface area contributed by atoms with Gasteiger partial charge in [-0.25, -0.2) is 0 Å². The summed E-state index contributed by atoms with van der Waals surface area (Å²) in [5.41, 5.74) is 2.35. The molecule has 0 saturated carbocycles. The van der Waals surface area contributed by atoms with E-state index in [2.05, 4.69) is 15.3 Å². The van der Waals surface area contributed by atoms with Crippen LogP contribution in [0.4, 0.5) is 0 Å². The minimum atomic E-state index is -0.256. The van der Waals surface area contributed by atoms with Gasteiger partial charge in [-0.3, -0.25) is 14.6 Å². The first kappa shape index (κ1) is 14.6. The number of rotatable bonds is 3. The van der Waals surface area contributed by atoms with Gasteiger partial charge in [-0.1, -0.05) is 35.6 Å². The van der Waals surface area contributed by atoms with Gasteiger partial charge in [0.1, 0.15) is 5.52 Å². The van der Waals surface area contributed by atoms with Gasteiger partial charge in [-0.2, -0.15) is 0 Å². The van der Waals surface area contributed by atoms with E-state index in [0.717, 1.165) is 33.2 Å². The number of pyridine rings is 1. The number of carbonyl (C=O) groups is 1. The quantitative estimate of drug-likeness (QED) is 0.604. The number of benzene rings is 1. The van der Waals surface area contributed by atoms with Crippen molar-refractivity contribution in [2.24, 2.45) is 0 Å². The average Bonchev–Trinajstić information content (AvgIpc) is 3.00. The molecule has 0 fully saturated rings. The van der Waals surface area contributed by atoms with Gasteiger partial charge in [0.2, 0.25) is 0 Å². The third-order valence-corrected chi connectivity index (χ3v) is 4.74. The van der Waals surface area contributed by atoms with Crippen LogP contribution in [0.2, 0.25) is 0 Å². The first-order valence-corrected chi connectivity index (χ1v) is 8.26. The lowest BCUT2D eigenvalue weighted by molar-refractivity contribution is 0.0955. The number of nitrogens with zero attached hydrogens (tertiary/aromatic N) is 1. The summed E-state index contributed by atoms with van der Waals surface area (Å²) in [5, 5.41) is 4.55. The number of amides is 1. The van der Waals surface area contributed by atoms with E-state index in [9.17, 15) is 9.59 Å². The molecule has 118 valence electrons. The molecule has 0 aliphatic heterocycles. The van der Waals surface area contributed by atoms with Crippen molar-refractivity contribution in [3.63, 3.8) is 0 Å². The minimum absolute atomic E-state index is 0.143. The smallest absolute Gasteiger partial charge is 0.261 e. The lowest BCUT2D eigenvalue weighted by Crippen LogP contribution is -2.22. The Bertz CT molecular complexity index is 1100. The second kappa shape index (κ2) is 5.90. The Balaban J connectivity index is 1.70. The Labute approximate surface area is 141 Å². The number of H-pyrrole nitrogens is 1. The van der Waals surface area contributed by atoms with Gasteiger partial charge in [0.15, 0.2) is 0 Å². The highest BCUT2D eigenvalue weighted by Crippen LogP contribution is 2.25. The van der Waals surface area contributed by atoms with Gasteiger partial charge in [0.05, 0.1) is 4.88 Å². The van der Waals surface area contributed by atoms with E-state index in [-0.39, 0.29) is 10.6 Å². The van der Waals surface area contributed by atoms with E-state index in [4.69, 9.17) is 0 Å². The van der Waals surface area contributed by atoms with Crippen LogP contribution in [0.3, 0.4) is 0 Å². The zero-order valence-electron chi connectivity index (χ0n) is 12.6. The van der Waals surface area contributed by atoms with E-state index in [1.165, 1.54) is 0 Å². The van der Waals surface area contributed by atoms with Crippen LogP contribution >= 0.6 is 11.3 Å². The molecule has 0 bridgehead atoms. The Hall–Kier alpha value is -2.99. The SMILES string of the molecule is O=C(NCc1cccnc1)c1cc2c([nH]c3ccccc32)c(=O)s1. The van der Waals surface area contributed by atoms with Crippen molar-refractivity contribution < 1.29 is 4.79 Å². The second-order valence-corrected chi connectivity index (χ2v) is 6.42. The molecule has 3 heterocycles. The number of fused-ring (bicyclic) bond motifs is 3. The molecule has 0 atom stereocenters. The second-order valence-electron chi connectivity index (χ2n) is 5.40. The molecule has 3 aromatic heterocycles. The normalized spacial score (nSPS) is 11.0. The monoisotopic (exact) mass is 335 g/mol. The van der Waals surface area contributed by atoms with E-state index >= 15 is 0 Å². The van der Waals surface area contributed by atoms with Crippen molar-refractivity contribution in [2.45, 2.75) is 6.54 Å². The van der Waals surface area contributed by atoms with Crippen molar-refractivity contribution in [1.29, 1.82) is 0 Å². The molecule has 5 nitrogen and oxygen atoms in total. The highest BCUT2D eigenvalue weighted by Gasteiger charge is 2.13. The molecule has 0 saturated heterocycles. The highest BCUT2D eigenvalue weighted by atomic mass is 32.1. The van der Waals surface area contributed by atoms with Gasteiger partial charge in [-0.15, -0.1) is 0 Å². The molecule has 6 heteroatoms. The molecular formula is C18H13N3O2S. The maximum atomic E-state index is 12.4. The average molecular weight is 335 g/mol. The molecule has 4 rings (SSSR count). The largest absolute Gasteiger partial charge is 0.351 e. The number of hydrogen-bond acceptors (Lipinski definition) is 4. The standard InChI is InChI=1S/C18H13N3O2S/c22-17(20-10-11-4-3-7-19-9-11)15-8-13-12-5-1-2-6-14(12)21-16(13)18(23)24-15/h1-9,21H,10H2,(H,20,22). The molecule has 24 heavy (non-hydrogen) atoms. The lowest BCUT2D eigenvalue weighted by Gasteiger charge is -2.04. The molecule has 0 aliphatic rings. The highest BCUT2D eigenvalue weighted by molar-refractivity contribution is 7.12. The molecule has 1 aromatic carbocycles. The maximum absolute atomic E-state index is 12.4. The maximum Gasteiger partial charge on any atom is 0.261 e. The van der Waals surface area contributed by atoms with Crippen molar-refractivity contribution in [3.8, 4) is 0 Å². The summed E-state index contributed by atoms with van der Waals surface area (Å²) in [6, 6.07) is 13.2. The summed E-state index contributed by atoms with van der Waals surface area (Å²) in [7, 11) is 0. The van der Waals surface area contributed by atoms with Crippen LogP contribution in [0.15, 0.2) is 59.7 Å². The van der Waals surface area contributed by atoms with Crippen LogP contribution in [0.5, 0.6) is 0 Å². The molecular weight excluding hydrogens is 322 g/mol. The molecule has 2 N–H and O–H groups in total. The topological polar surface area (TPSA) is 74.8 Å². The zero-order valence-corrected chi connectivity index (χ0v) is 13.4. The van der Waals surface area contributed by atoms with Gasteiger partial charge < -0.3 is 10.3 Å². The van der Waals surface area contributed by atoms with Crippen molar-refractivity contribution in [1.82, 2.24) is 15.3 Å². The summed E-state index contributed by atoms with van der Waals surface area (Å²) in [6.07, 6.45) is 3.38. The third-order valence-electron chi connectivity index (χ3n) is 3.83. The van der Waals surface area contributed by atoms with Gasteiger partial charge in [0.25, 0.3) is 10.6 Å². The van der Waals surface area contributed by atoms with Crippen molar-refractivity contribution >= 4 is 39.0 Å². The lowest BCUT2D eigenvalue weighted by atomic mass is 10.2. The summed E-state index contributed by atoms with van der Waals surface area (Å²) in [6.45, 7) is 0.375. The Morgan fingerprint density at radius 1 is 1.17 bits per heavy atom. The van der Waals surface area contributed by atoms with Crippen LogP contribution in [-0.4, -0.2) is 15.9 Å². The van der Waals surface area contributed by atoms with Crippen molar-refractivity contribution in [3.05, 3.63) is 74.8 Å². The van der Waals surface area contributed by atoms with Crippen LogP contribution in [0.25, 0.3) is 21.8 Å². The molecule has 1 amide bonds. The fourth-order valence-electron chi connectivity index (χ4n) is 2.67. The van der Waals surface area contributed by atoms with E-state index in [1.807, 2.05) is 36.4 Å². The number of aromatic amines is 1. The van der Waals surface area contributed by atoms with Gasteiger partial charge in [0, 0.05) is 35.2 Å². The number of carbonyl (C=O) groups excluding carboxylic acids is 1. The van der Waals surface area contributed by atoms with E-state index in [1.54, 1.807) is 18.5 Å². The Kier molecular flexibility index (Phi) is 3.59. The van der Waals surface area contributed by atoms with Gasteiger partial charge >= 0.3 is 0 Å². The molecule has 0 radical (unpaired) electrons. The van der Waals surface area contributed by atoms with Crippen LogP contribution in [-0.2, 0) is 6.54 Å². The Morgan fingerprint density at radius 2 is 2.04 bits per heavy atom. The first-order valence-electron chi connectivity index (χ1n) is 7.44. The number of aromatic nitrogens is 2. The van der Waals surface area contributed by atoms with Crippen LogP contribution in [0.1, 0.15) is 15.2 Å². The summed E-state index contributed by atoms with van der Waals surface area (Å²) in [4.78, 5) is 32.3. The first-order chi connectivity index (χ1) is 11.7.